The second-order valence-corrected chi connectivity index (χ2v) is 37.8. The summed E-state index contributed by atoms with van der Waals surface area (Å²) in [6, 6.07) is 23.9. The number of hydrogen-bond acceptors (Lipinski definition) is 27. The van der Waals surface area contributed by atoms with E-state index in [-0.39, 0.29) is 85.0 Å². The fourth-order valence-electron chi connectivity index (χ4n) is 12.1. The molecule has 0 aliphatic heterocycles. The highest BCUT2D eigenvalue weighted by Gasteiger charge is 2.32. The van der Waals surface area contributed by atoms with Crippen molar-refractivity contribution >= 4 is 129 Å². The van der Waals surface area contributed by atoms with Crippen LogP contribution in [0.5, 0.6) is 23.0 Å². The van der Waals surface area contributed by atoms with Crippen molar-refractivity contribution in [3.63, 3.8) is 0 Å². The zero-order valence-electron chi connectivity index (χ0n) is 82.9. The van der Waals surface area contributed by atoms with Crippen LogP contribution < -0.4 is 77.4 Å². The predicted octanol–water partition coefficient (Wildman–Crippen LogP) is 9.57. The number of nitrogens with one attached hydrogen (secondary N) is 9. The second-order valence-electron chi connectivity index (χ2n) is 35.5. The van der Waals surface area contributed by atoms with Crippen molar-refractivity contribution < 1.29 is 130 Å². The number of amides is 9. The first-order valence-corrected chi connectivity index (χ1v) is 48.4. The lowest BCUT2D eigenvalue weighted by Crippen LogP contribution is -2.55. The predicted molar refractivity (Wildman–Crippen MR) is 531 cm³/mol. The van der Waals surface area contributed by atoms with Gasteiger partial charge in [-0.2, -0.15) is 0 Å². The van der Waals surface area contributed by atoms with E-state index in [1.807, 2.05) is 82.4 Å². The van der Waals surface area contributed by atoms with Crippen LogP contribution in [0.2, 0.25) is 0 Å². The summed E-state index contributed by atoms with van der Waals surface area (Å²) in [5.74, 6) is 2.95. The van der Waals surface area contributed by atoms with Gasteiger partial charge < -0.3 is 125 Å². The van der Waals surface area contributed by atoms with Gasteiger partial charge in [-0.3, -0.25) is 24.0 Å². The molecule has 139 heavy (non-hydrogen) atoms. The molecule has 9 amide bonds. The van der Waals surface area contributed by atoms with Crippen molar-refractivity contribution in [1.82, 2.24) is 47.9 Å². The normalized spacial score (nSPS) is 11.9. The maximum atomic E-state index is 13.7. The summed E-state index contributed by atoms with van der Waals surface area (Å²) in [4.78, 5) is 171. The number of ether oxygens (including phenoxy) is 9. The van der Waals surface area contributed by atoms with Gasteiger partial charge in [0.2, 0.25) is 29.5 Å². The number of rotatable bonds is 47. The van der Waals surface area contributed by atoms with Gasteiger partial charge in [-0.25, -0.2) is 28.8 Å². The second kappa shape index (κ2) is 65.5. The number of carbonyl (C=O) groups is 14. The Morgan fingerprint density at radius 2 is 0.612 bits per heavy atom. The van der Waals surface area contributed by atoms with Crippen LogP contribution in [0.1, 0.15) is 241 Å². The third-order valence-corrected chi connectivity index (χ3v) is 20.0. The van der Waals surface area contributed by atoms with Crippen molar-refractivity contribution in [2.75, 3.05) is 59.2 Å². The van der Waals surface area contributed by atoms with E-state index in [1.165, 1.54) is 18.2 Å². The minimum absolute atomic E-state index is 0.00923. The number of carbonyl (C=O) groups excluding carboxylic acids is 14. The first-order chi connectivity index (χ1) is 65.4. The Balaban J connectivity index is 0.000000642. The molecule has 0 radical (unpaired) electrons. The Kier molecular flexibility index (Phi) is 57.8. The minimum atomic E-state index is -1.45. The number of unbranched alkanes of at least 4 members (excludes halogenated alkanes) is 8. The van der Waals surface area contributed by atoms with Crippen LogP contribution in [-0.2, 0) is 108 Å². The first-order valence-electron chi connectivity index (χ1n) is 46.2. The molecule has 10 N–H and O–H groups in total. The number of aliphatic carboxylic acids is 3. The van der Waals surface area contributed by atoms with Crippen LogP contribution in [0.4, 0.5) is 19.2 Å². The van der Waals surface area contributed by atoms with Gasteiger partial charge in [-0.05, 0) is 244 Å². The molecule has 0 spiro atoms. The van der Waals surface area contributed by atoms with Gasteiger partial charge in [0.25, 0.3) is 0 Å². The van der Waals surface area contributed by atoms with Crippen LogP contribution in [0.15, 0.2) is 103 Å². The molecule has 0 aromatic heterocycles. The zero-order chi connectivity index (χ0) is 104. The standard InChI is InChI=1S/C35H45N3O9.C26H36N2O8.C21H31IN2O6.C19H29IN2O4/c1-6-8-12-19-36-32(42)27(22-25-15-17-29(46-23-30(39)40)26(20-25)16-18-31(41)45-7-2)37-33(43)28(21-24-13-10-9-11-14-24)38-34(44)47-35(3,4)5;1-6-8-9-14-27-24(32)20(28-25(33)36-26(3,4)5)16-18-10-12-21(35-17-22(29)30)19(15-18)11-13-23(31)34-7-2;1-5-6-7-10-23-19(27)16(24-20(28)30-21(2,3)4)12-14-8-9-17(15(22)11-14)29-13-18(25)26;1-5-6-7-10-21-17(24)15(22-18(25)26-19(2,3)4)12-13-8-9-16(23)14(20)11-13/h9-11,13-15,17,20,27-28H,6-8,12,19,21-23H2,1-5H3,(H,36,42)(H,37,43)(H,38,44)(H,39,40);10,12,15,20H,6-9,14,16-17H2,1-5H3,(H,27,32)(H,28,33)(H,29,30);8-9,11,16H,5-7,10,12-13H2,1-4H3,(H,23,27)(H,24,28)(H,25,26);8-9,11,15,23H,5-7,10,12H2,1-4H3,(H,21,24)(H,22,25)/p-3/t27-,28-;20-;16-;15-/m0000/s1. The molecule has 36 nitrogen and oxygen atoms in total. The summed E-state index contributed by atoms with van der Waals surface area (Å²) in [5, 5.41) is 66.8. The monoisotopic (exact) mass is 2160 g/mol. The number of hydrogen-bond donors (Lipinski definition) is 10. The smallest absolute Gasteiger partial charge is 0.408 e. The largest absolute Gasteiger partial charge is 0.546 e. The van der Waals surface area contributed by atoms with Crippen LogP contribution >= 0.6 is 45.2 Å². The van der Waals surface area contributed by atoms with Gasteiger partial charge in [0.15, 0.2) is 0 Å². The van der Waals surface area contributed by atoms with E-state index >= 15 is 0 Å². The number of aromatic hydroxyl groups is 1. The maximum absolute atomic E-state index is 13.7. The first kappa shape index (κ1) is 123. The van der Waals surface area contributed by atoms with Gasteiger partial charge in [-0.1, -0.05) is 145 Å². The van der Waals surface area contributed by atoms with E-state index in [2.05, 4.69) is 92.3 Å². The minimum Gasteiger partial charge on any atom is -0.546 e. The molecule has 0 aliphatic carbocycles. The van der Waals surface area contributed by atoms with Gasteiger partial charge in [0, 0.05) is 70.1 Å². The summed E-state index contributed by atoms with van der Waals surface area (Å²) in [6.07, 6.45) is 9.24. The fraction of sp³-hybridized carbons (Fsp3) is 0.525. The number of phenolic OH excluding ortho intramolecular Hbond substituents is 1. The summed E-state index contributed by atoms with van der Waals surface area (Å²) < 4.78 is 47.9. The van der Waals surface area contributed by atoms with Gasteiger partial charge in [0.05, 0.1) is 49.4 Å². The third kappa shape index (κ3) is 57.6. The molecule has 5 rings (SSSR count). The summed E-state index contributed by atoms with van der Waals surface area (Å²) in [5.41, 5.74) is 1.01. The van der Waals surface area contributed by atoms with E-state index < -0.39 is 138 Å². The topological polar surface area (TPSA) is 520 Å². The number of halogens is 2. The number of carboxylic acid groups (broad SMARTS) is 3. The molecule has 0 saturated heterocycles. The van der Waals surface area contributed by atoms with E-state index in [4.69, 9.17) is 42.6 Å². The molecule has 38 heteroatoms. The summed E-state index contributed by atoms with van der Waals surface area (Å²) >= 11 is 4.05. The quantitative estimate of drug-likeness (QED) is 0.00569. The van der Waals surface area contributed by atoms with Gasteiger partial charge >= 0.3 is 36.3 Å². The van der Waals surface area contributed by atoms with Crippen molar-refractivity contribution in [2.24, 2.45) is 0 Å². The number of alkyl carbamates (subject to hydrolysis) is 4. The summed E-state index contributed by atoms with van der Waals surface area (Å²) in [7, 11) is 0. The molecule has 5 aromatic carbocycles. The Morgan fingerprint density at radius 1 is 0.338 bits per heavy atom. The molecular formula is C101H138I2N9O27-3. The molecule has 0 fully saturated rings. The van der Waals surface area contributed by atoms with Crippen molar-refractivity contribution in [2.45, 2.75) is 286 Å². The third-order valence-electron chi connectivity index (χ3n) is 18.3. The molecule has 5 atom stereocenters. The van der Waals surface area contributed by atoms with Gasteiger partial charge in [-0.15, -0.1) is 0 Å². The number of carboxylic acids is 3. The van der Waals surface area contributed by atoms with E-state index in [0.717, 1.165) is 93.7 Å². The number of esters is 2. The van der Waals surface area contributed by atoms with Crippen LogP contribution in [0.25, 0.3) is 0 Å². The Bertz CT molecular complexity index is 4930. The lowest BCUT2D eigenvalue weighted by molar-refractivity contribution is -0.308. The average molecular weight is 2160 g/mol. The summed E-state index contributed by atoms with van der Waals surface area (Å²) in [6.45, 7) is 32.6. The highest BCUT2D eigenvalue weighted by molar-refractivity contribution is 14.1. The van der Waals surface area contributed by atoms with Crippen molar-refractivity contribution in [3.8, 4) is 46.7 Å². The highest BCUT2D eigenvalue weighted by atomic mass is 127. The Morgan fingerprint density at radius 3 is 0.899 bits per heavy atom. The Labute approximate surface area is 843 Å². The fourth-order valence-corrected chi connectivity index (χ4v) is 13.4. The zero-order valence-corrected chi connectivity index (χ0v) is 87.2. The number of benzene rings is 5. The molecule has 0 unspecified atom stereocenters. The van der Waals surface area contributed by atoms with Crippen molar-refractivity contribution in [3.05, 3.63) is 149 Å². The lowest BCUT2D eigenvalue weighted by atomic mass is 10.0. The molecule has 5 aromatic rings. The highest BCUT2D eigenvalue weighted by Crippen LogP contribution is 2.27. The molecule has 0 aliphatic rings. The van der Waals surface area contributed by atoms with E-state index in [9.17, 15) is 87.5 Å². The van der Waals surface area contributed by atoms with Gasteiger partial charge in [0.1, 0.15) is 95.4 Å². The average Bonchev–Trinajstić information content (AvgIpc) is 0.959. The Hall–Kier alpha value is -12.3. The maximum Gasteiger partial charge on any atom is 0.408 e. The molecule has 0 bridgehead atoms. The number of phenols is 1. The molecular weight excluding hydrogens is 2020 g/mol. The van der Waals surface area contributed by atoms with E-state index in [1.54, 1.807) is 152 Å². The lowest BCUT2D eigenvalue weighted by Gasteiger charge is -2.25. The van der Waals surface area contributed by atoms with Crippen LogP contribution in [-0.4, -0.2) is 201 Å². The van der Waals surface area contributed by atoms with Crippen LogP contribution in [0.3, 0.4) is 0 Å². The van der Waals surface area contributed by atoms with Crippen molar-refractivity contribution in [1.29, 1.82) is 0 Å². The van der Waals surface area contributed by atoms with E-state index in [0.29, 0.717) is 56.6 Å². The SMILES string of the molecule is CCCCCNC(=O)[C@H](Cc1ccc(O)c(I)c1)NC(=O)OC(C)(C)C.CCCCCNC(=O)[C@H](Cc1ccc(OCC(=O)[O-])c(C#CC(=O)OCC)c1)NC(=O)OC(C)(C)C.CCCCCNC(=O)[C@H](Cc1ccc(OCC(=O)[O-])c(C#CC(=O)OCC)c1)NC(=O)[C@H](Cc1ccccc1)NC(=O)OC(C)(C)C.CCCCCNC(=O)[C@H](Cc1ccc(OCC(=O)[O-])c(I)c1)NC(=O)OC(C)(C)C. The van der Waals surface area contributed by atoms with Crippen LogP contribution in [0, 0.1) is 30.8 Å². The molecule has 0 saturated carbocycles. The molecule has 766 valence electrons. The molecule has 0 heterocycles.